The molecule has 0 aliphatic heterocycles. The van der Waals surface area contributed by atoms with Crippen molar-refractivity contribution >= 4 is 27.8 Å². The lowest BCUT2D eigenvalue weighted by Crippen LogP contribution is -2.26. The molecule has 19 heavy (non-hydrogen) atoms. The minimum Gasteiger partial charge on any atom is -0.354 e. The highest BCUT2D eigenvalue weighted by Crippen LogP contribution is 2.42. The van der Waals surface area contributed by atoms with Gasteiger partial charge in [-0.15, -0.1) is 11.3 Å². The van der Waals surface area contributed by atoms with E-state index in [4.69, 9.17) is 5.26 Å². The second-order valence-corrected chi connectivity index (χ2v) is 5.48. The molecule has 7 heteroatoms. The van der Waals surface area contributed by atoms with Crippen molar-refractivity contribution < 1.29 is 9.72 Å². The highest BCUT2D eigenvalue weighted by atomic mass is 32.1. The number of nitrogens with zero attached hydrogens (tertiary/aromatic N) is 3. The average molecular weight is 279 g/mol. The van der Waals surface area contributed by atoms with Crippen LogP contribution in [0.5, 0.6) is 0 Å². The highest BCUT2D eigenvalue weighted by molar-refractivity contribution is 7.18. The van der Waals surface area contributed by atoms with Gasteiger partial charge in [0.05, 0.1) is 22.3 Å². The summed E-state index contributed by atoms with van der Waals surface area (Å²) in [6, 6.07) is 3.66. The number of rotatable bonds is 6. The molecule has 1 saturated carbocycles. The molecule has 0 unspecified atom stereocenters. The van der Waals surface area contributed by atoms with E-state index in [0.717, 1.165) is 24.2 Å². The number of thiophene rings is 1. The summed E-state index contributed by atoms with van der Waals surface area (Å²) in [5.41, 5.74) is -0.0277. The normalized spacial score (nSPS) is 13.9. The Morgan fingerprint density at radius 3 is 2.84 bits per heavy atom. The number of hydrogen-bond acceptors (Lipinski definition) is 6. The lowest BCUT2D eigenvalue weighted by molar-refractivity contribution is -0.383. The second kappa shape index (κ2) is 5.36. The van der Waals surface area contributed by atoms with E-state index in [-0.39, 0.29) is 17.5 Å². The Balaban J connectivity index is 2.37. The molecule has 1 aromatic heterocycles. The first kappa shape index (κ1) is 13.5. The Labute approximate surface area is 114 Å². The van der Waals surface area contributed by atoms with Crippen molar-refractivity contribution in [1.29, 1.82) is 5.26 Å². The average Bonchev–Trinajstić information content (AvgIpc) is 3.07. The lowest BCUT2D eigenvalue weighted by atomic mass is 10.3. The van der Waals surface area contributed by atoms with Gasteiger partial charge in [-0.25, -0.2) is 0 Å². The fraction of sp³-hybridized carbons (Fsp3) is 0.500. The van der Waals surface area contributed by atoms with Crippen molar-refractivity contribution in [3.63, 3.8) is 0 Å². The molecule has 0 aromatic carbocycles. The Hall–Kier alpha value is -1.94. The van der Waals surface area contributed by atoms with Crippen LogP contribution < -0.4 is 4.90 Å². The van der Waals surface area contributed by atoms with Gasteiger partial charge < -0.3 is 4.90 Å². The van der Waals surface area contributed by atoms with Crippen LogP contribution in [0.2, 0.25) is 0 Å². The van der Waals surface area contributed by atoms with Crippen molar-refractivity contribution in [1.82, 2.24) is 0 Å². The van der Waals surface area contributed by atoms with Crippen LogP contribution in [0.3, 0.4) is 0 Å². The van der Waals surface area contributed by atoms with E-state index in [1.165, 1.54) is 13.0 Å². The van der Waals surface area contributed by atoms with Gasteiger partial charge in [-0.2, -0.15) is 5.26 Å². The molecule has 0 N–H and O–H groups in total. The molecule has 2 rings (SSSR count). The fourth-order valence-electron chi connectivity index (χ4n) is 1.89. The van der Waals surface area contributed by atoms with Gasteiger partial charge in [0.25, 0.3) is 0 Å². The summed E-state index contributed by atoms with van der Waals surface area (Å²) < 4.78 is 0. The van der Waals surface area contributed by atoms with E-state index >= 15 is 0 Å². The van der Waals surface area contributed by atoms with Gasteiger partial charge in [0.1, 0.15) is 0 Å². The Morgan fingerprint density at radius 1 is 1.68 bits per heavy atom. The zero-order valence-electron chi connectivity index (χ0n) is 10.5. The van der Waals surface area contributed by atoms with Crippen LogP contribution in [-0.4, -0.2) is 23.3 Å². The molecule has 100 valence electrons. The zero-order chi connectivity index (χ0) is 14.0. The summed E-state index contributed by atoms with van der Waals surface area (Å²) in [5, 5.41) is 20.3. The summed E-state index contributed by atoms with van der Waals surface area (Å²) >= 11 is 1.15. The monoisotopic (exact) mass is 279 g/mol. The first-order valence-corrected chi connectivity index (χ1v) is 6.79. The van der Waals surface area contributed by atoms with Crippen LogP contribution in [-0.2, 0) is 0 Å². The Morgan fingerprint density at radius 2 is 2.37 bits per heavy atom. The predicted octanol–water partition coefficient (Wildman–Crippen LogP) is 2.74. The highest BCUT2D eigenvalue weighted by Gasteiger charge is 2.34. The van der Waals surface area contributed by atoms with Crippen molar-refractivity contribution in [3.8, 4) is 6.07 Å². The molecule has 0 bridgehead atoms. The van der Waals surface area contributed by atoms with Gasteiger partial charge in [-0.1, -0.05) is 0 Å². The Kier molecular flexibility index (Phi) is 3.81. The van der Waals surface area contributed by atoms with Crippen molar-refractivity contribution in [3.05, 3.63) is 21.1 Å². The molecule has 1 fully saturated rings. The summed E-state index contributed by atoms with van der Waals surface area (Å²) in [6.07, 6.45) is 2.28. The molecule has 0 spiro atoms. The van der Waals surface area contributed by atoms with Crippen molar-refractivity contribution in [2.24, 2.45) is 0 Å². The summed E-state index contributed by atoms with van der Waals surface area (Å²) in [5.74, 6) is -0.171. The number of Topliss-reactive ketones (excluding diaryl/α,β-unsaturated/α-hetero) is 1. The van der Waals surface area contributed by atoms with Gasteiger partial charge in [0.15, 0.2) is 10.8 Å². The minimum absolute atomic E-state index is 0.0277. The van der Waals surface area contributed by atoms with E-state index in [1.54, 1.807) is 0 Å². The first-order valence-electron chi connectivity index (χ1n) is 5.97. The van der Waals surface area contributed by atoms with Crippen LogP contribution in [0.1, 0.15) is 35.9 Å². The molecule has 1 aliphatic rings. The number of nitro groups is 1. The van der Waals surface area contributed by atoms with E-state index in [2.05, 4.69) is 6.07 Å². The third-order valence-electron chi connectivity index (χ3n) is 2.95. The van der Waals surface area contributed by atoms with Crippen LogP contribution in [0.15, 0.2) is 6.07 Å². The predicted molar refractivity (Wildman–Crippen MR) is 71.6 cm³/mol. The van der Waals surface area contributed by atoms with Crippen LogP contribution >= 0.6 is 11.3 Å². The first-order chi connectivity index (χ1) is 9.04. The maximum Gasteiger partial charge on any atom is 0.304 e. The van der Waals surface area contributed by atoms with E-state index in [0.29, 0.717) is 22.8 Å². The standard InChI is InChI=1S/C12H13N3O3S/c1-8(16)11-7-10(15(17)18)12(19-11)14(6-2-5-13)9-3-4-9/h7,9H,2-4,6H2,1H3. The smallest absolute Gasteiger partial charge is 0.304 e. The number of nitriles is 1. The number of anilines is 1. The quantitative estimate of drug-likeness (QED) is 0.454. The third-order valence-corrected chi connectivity index (χ3v) is 4.21. The topological polar surface area (TPSA) is 87.2 Å². The number of carbonyl (C=O) groups excluding carboxylic acids is 1. The van der Waals surface area contributed by atoms with E-state index in [1.807, 2.05) is 4.90 Å². The largest absolute Gasteiger partial charge is 0.354 e. The summed E-state index contributed by atoms with van der Waals surface area (Å²) in [6.45, 7) is 1.87. The molecule has 6 nitrogen and oxygen atoms in total. The summed E-state index contributed by atoms with van der Waals surface area (Å²) in [7, 11) is 0. The second-order valence-electron chi connectivity index (χ2n) is 4.45. The molecule has 1 heterocycles. The third kappa shape index (κ3) is 2.90. The molecular formula is C12H13N3O3S. The SMILES string of the molecule is CC(=O)c1cc([N+](=O)[O-])c(N(CCC#N)C2CC2)s1. The molecular weight excluding hydrogens is 266 g/mol. The van der Waals surface area contributed by atoms with Crippen molar-refractivity contribution in [2.45, 2.75) is 32.2 Å². The molecule has 0 amide bonds. The lowest BCUT2D eigenvalue weighted by Gasteiger charge is -2.20. The van der Waals surface area contributed by atoms with E-state index in [9.17, 15) is 14.9 Å². The molecule has 0 atom stereocenters. The molecule has 1 aromatic rings. The number of hydrogen-bond donors (Lipinski definition) is 0. The van der Waals surface area contributed by atoms with E-state index < -0.39 is 4.92 Å². The van der Waals surface area contributed by atoms with Crippen LogP contribution in [0.4, 0.5) is 10.7 Å². The molecule has 1 aliphatic carbocycles. The maximum absolute atomic E-state index is 11.4. The van der Waals surface area contributed by atoms with Gasteiger partial charge in [-0.3, -0.25) is 14.9 Å². The van der Waals surface area contributed by atoms with Gasteiger partial charge in [0.2, 0.25) is 0 Å². The Bertz CT molecular complexity index is 557. The molecule has 0 saturated heterocycles. The summed E-state index contributed by atoms with van der Waals surface area (Å²) in [4.78, 5) is 24.3. The van der Waals surface area contributed by atoms with Crippen LogP contribution in [0, 0.1) is 21.4 Å². The van der Waals surface area contributed by atoms with Crippen LogP contribution in [0.25, 0.3) is 0 Å². The van der Waals surface area contributed by atoms with Crippen molar-refractivity contribution in [2.75, 3.05) is 11.4 Å². The van der Waals surface area contributed by atoms with Gasteiger partial charge in [-0.05, 0) is 19.8 Å². The maximum atomic E-state index is 11.4. The van der Waals surface area contributed by atoms with Gasteiger partial charge >= 0.3 is 5.69 Å². The minimum atomic E-state index is -0.458. The number of ketones is 1. The fourth-order valence-corrected chi connectivity index (χ4v) is 3.01. The zero-order valence-corrected chi connectivity index (χ0v) is 11.3. The number of carbonyl (C=O) groups is 1. The van der Waals surface area contributed by atoms with Gasteiger partial charge in [0, 0.05) is 18.7 Å². The molecule has 0 radical (unpaired) electrons.